The van der Waals surface area contributed by atoms with Gasteiger partial charge in [-0.2, -0.15) is 15.0 Å². The van der Waals surface area contributed by atoms with Crippen molar-refractivity contribution in [3.05, 3.63) is 24.0 Å². The molecular weight excluding hydrogens is 436 g/mol. The average molecular weight is 461 g/mol. The summed E-state index contributed by atoms with van der Waals surface area (Å²) in [6, 6.07) is 5.06. The van der Waals surface area contributed by atoms with Gasteiger partial charge in [0.2, 0.25) is 17.8 Å². The Morgan fingerprint density at radius 3 is 2.00 bits per heavy atom. The molecule has 0 aliphatic carbocycles. The van der Waals surface area contributed by atoms with Gasteiger partial charge >= 0.3 is 0 Å². The van der Waals surface area contributed by atoms with Gasteiger partial charge < -0.3 is 24.0 Å². The first kappa shape index (κ1) is 21.7. The van der Waals surface area contributed by atoms with E-state index in [2.05, 4.69) is 19.9 Å². The minimum Gasteiger partial charge on any atom is -0.494 e. The summed E-state index contributed by atoms with van der Waals surface area (Å²) in [5.74, 6) is 1.08. The van der Waals surface area contributed by atoms with Crippen LogP contribution < -0.4 is 14.5 Å². The number of anilines is 2. The molecule has 2 fully saturated rings. The Hall–Kier alpha value is -3.12. The van der Waals surface area contributed by atoms with E-state index in [-0.39, 0.29) is 5.95 Å². The molecule has 1 aromatic carbocycles. The largest absolute Gasteiger partial charge is 0.494 e. The van der Waals surface area contributed by atoms with Crippen LogP contribution in [0.4, 0.5) is 20.7 Å². The Bertz CT molecular complexity index is 1080. The number of imidazole rings is 1. The molecule has 2 aliphatic heterocycles. The number of halogens is 2. The second-order valence-corrected chi connectivity index (χ2v) is 7.62. The molecule has 5 rings (SSSR count). The Labute approximate surface area is 189 Å². The van der Waals surface area contributed by atoms with Gasteiger partial charge in [0.1, 0.15) is 5.75 Å². The van der Waals surface area contributed by atoms with Gasteiger partial charge in [0.05, 0.1) is 44.1 Å². The lowest BCUT2D eigenvalue weighted by Crippen LogP contribution is -2.40. The fourth-order valence-electron chi connectivity index (χ4n) is 3.94. The quantitative estimate of drug-likeness (QED) is 0.548. The molecule has 0 amide bonds. The van der Waals surface area contributed by atoms with Gasteiger partial charge in [-0.1, -0.05) is 0 Å². The smallest absolute Gasteiger partial charge is 0.296 e. The number of nitrogens with zero attached hydrogens (tertiary/aromatic N) is 7. The van der Waals surface area contributed by atoms with E-state index >= 15 is 0 Å². The highest BCUT2D eigenvalue weighted by Gasteiger charge is 2.26. The Kier molecular flexibility index (Phi) is 6.18. The lowest BCUT2D eigenvalue weighted by Gasteiger charge is -2.30. The summed E-state index contributed by atoms with van der Waals surface area (Å²) >= 11 is 0. The third-order valence-electron chi connectivity index (χ3n) is 5.55. The van der Waals surface area contributed by atoms with Gasteiger partial charge in [-0.15, -0.1) is 0 Å². The van der Waals surface area contributed by atoms with Crippen molar-refractivity contribution in [1.82, 2.24) is 24.5 Å². The summed E-state index contributed by atoms with van der Waals surface area (Å²) in [6.45, 7) is 6.91. The number of ether oxygens (including phenoxy) is 3. The standard InChI is InChI=1S/C21H25F2N7O3/c1-2-33-14-3-4-15-16(13-14)30(18(24-15)17(22)23)21-26-19(28-5-9-31-10-6-28)25-20(27-21)29-7-11-32-12-8-29/h3-4,13,17H,2,5-12H2,1H3. The van der Waals surface area contributed by atoms with Crippen molar-refractivity contribution in [3.63, 3.8) is 0 Å². The molecule has 0 atom stereocenters. The molecule has 2 aromatic heterocycles. The van der Waals surface area contributed by atoms with Crippen LogP contribution in [0.3, 0.4) is 0 Å². The Morgan fingerprint density at radius 1 is 0.879 bits per heavy atom. The van der Waals surface area contributed by atoms with Crippen LogP contribution in [0, 0.1) is 0 Å². The zero-order chi connectivity index (χ0) is 22.8. The van der Waals surface area contributed by atoms with Crippen molar-refractivity contribution in [2.45, 2.75) is 13.3 Å². The molecule has 4 heterocycles. The molecule has 0 saturated carbocycles. The summed E-state index contributed by atoms with van der Waals surface area (Å²) in [5.41, 5.74) is 0.860. The minimum atomic E-state index is -2.82. The van der Waals surface area contributed by atoms with Gasteiger partial charge in [-0.3, -0.25) is 4.57 Å². The van der Waals surface area contributed by atoms with Crippen LogP contribution in [-0.2, 0) is 9.47 Å². The summed E-state index contributed by atoms with van der Waals surface area (Å²) in [4.78, 5) is 22.0. The molecule has 2 saturated heterocycles. The van der Waals surface area contributed by atoms with E-state index < -0.39 is 12.2 Å². The van der Waals surface area contributed by atoms with Crippen LogP contribution >= 0.6 is 0 Å². The second kappa shape index (κ2) is 9.40. The predicted octanol–water partition coefficient (Wildman–Crippen LogP) is 2.22. The number of hydrogen-bond donors (Lipinski definition) is 0. The van der Waals surface area contributed by atoms with Crippen LogP contribution in [0.2, 0.25) is 0 Å². The molecule has 0 N–H and O–H groups in total. The molecule has 0 radical (unpaired) electrons. The maximum absolute atomic E-state index is 14.1. The van der Waals surface area contributed by atoms with Crippen molar-refractivity contribution < 1.29 is 23.0 Å². The second-order valence-electron chi connectivity index (χ2n) is 7.62. The lowest BCUT2D eigenvalue weighted by molar-refractivity contribution is 0.121. The molecule has 0 bridgehead atoms. The van der Waals surface area contributed by atoms with Crippen LogP contribution in [0.25, 0.3) is 17.0 Å². The van der Waals surface area contributed by atoms with Crippen molar-refractivity contribution in [1.29, 1.82) is 0 Å². The maximum atomic E-state index is 14.1. The highest BCUT2D eigenvalue weighted by molar-refractivity contribution is 5.79. The van der Waals surface area contributed by atoms with Gasteiger partial charge in [0.15, 0.2) is 5.82 Å². The number of fused-ring (bicyclic) bond motifs is 1. The molecule has 3 aromatic rings. The van der Waals surface area contributed by atoms with E-state index in [1.54, 1.807) is 18.2 Å². The summed E-state index contributed by atoms with van der Waals surface area (Å²) < 4.78 is 45.9. The topological polar surface area (TPSA) is 90.7 Å². The normalized spacial score (nSPS) is 17.2. The molecule has 0 spiro atoms. The van der Waals surface area contributed by atoms with Crippen molar-refractivity contribution in [3.8, 4) is 11.7 Å². The van der Waals surface area contributed by atoms with E-state index in [9.17, 15) is 8.78 Å². The number of benzene rings is 1. The van der Waals surface area contributed by atoms with Gasteiger partial charge in [0.25, 0.3) is 6.43 Å². The fourth-order valence-corrected chi connectivity index (χ4v) is 3.94. The monoisotopic (exact) mass is 461 g/mol. The lowest BCUT2D eigenvalue weighted by atomic mass is 10.3. The van der Waals surface area contributed by atoms with E-state index in [1.165, 1.54) is 4.57 Å². The number of alkyl halides is 2. The van der Waals surface area contributed by atoms with Crippen LogP contribution in [0.5, 0.6) is 5.75 Å². The van der Waals surface area contributed by atoms with Crippen LogP contribution in [0.15, 0.2) is 18.2 Å². The van der Waals surface area contributed by atoms with Crippen molar-refractivity contribution in [2.75, 3.05) is 69.0 Å². The number of aromatic nitrogens is 5. The molecule has 0 unspecified atom stereocenters. The van der Waals surface area contributed by atoms with Gasteiger partial charge in [-0.25, -0.2) is 13.8 Å². The van der Waals surface area contributed by atoms with Crippen molar-refractivity contribution in [2.24, 2.45) is 0 Å². The Morgan fingerprint density at radius 2 is 1.45 bits per heavy atom. The molecule has 10 nitrogen and oxygen atoms in total. The maximum Gasteiger partial charge on any atom is 0.296 e. The molecule has 2 aliphatic rings. The zero-order valence-corrected chi connectivity index (χ0v) is 18.3. The first-order valence-electron chi connectivity index (χ1n) is 11.0. The molecule has 33 heavy (non-hydrogen) atoms. The molecular formula is C21H25F2N7O3. The summed E-state index contributed by atoms with van der Waals surface area (Å²) in [7, 11) is 0. The fraction of sp³-hybridized carbons (Fsp3) is 0.524. The zero-order valence-electron chi connectivity index (χ0n) is 18.3. The van der Waals surface area contributed by atoms with Gasteiger partial charge in [-0.05, 0) is 19.1 Å². The number of rotatable bonds is 6. The summed E-state index contributed by atoms with van der Waals surface area (Å²) in [6.07, 6.45) is -2.82. The van der Waals surface area contributed by atoms with E-state index in [1.807, 2.05) is 16.7 Å². The van der Waals surface area contributed by atoms with E-state index in [0.29, 0.717) is 87.9 Å². The Balaban J connectivity index is 1.68. The van der Waals surface area contributed by atoms with Gasteiger partial charge in [0, 0.05) is 32.2 Å². The molecule has 176 valence electrons. The van der Waals surface area contributed by atoms with E-state index in [0.717, 1.165) is 0 Å². The highest BCUT2D eigenvalue weighted by atomic mass is 19.3. The first-order valence-corrected chi connectivity index (χ1v) is 11.0. The average Bonchev–Trinajstić information content (AvgIpc) is 3.24. The van der Waals surface area contributed by atoms with E-state index in [4.69, 9.17) is 14.2 Å². The summed E-state index contributed by atoms with van der Waals surface area (Å²) in [5, 5.41) is 0. The third kappa shape index (κ3) is 4.40. The predicted molar refractivity (Wildman–Crippen MR) is 117 cm³/mol. The molecule has 12 heteroatoms. The van der Waals surface area contributed by atoms with Crippen molar-refractivity contribution >= 4 is 22.9 Å². The highest BCUT2D eigenvalue weighted by Crippen LogP contribution is 2.30. The third-order valence-corrected chi connectivity index (χ3v) is 5.55. The number of morpholine rings is 2. The minimum absolute atomic E-state index is 0.0967. The number of hydrogen-bond acceptors (Lipinski definition) is 9. The van der Waals surface area contributed by atoms with Crippen LogP contribution in [-0.4, -0.2) is 83.7 Å². The van der Waals surface area contributed by atoms with Crippen LogP contribution in [0.1, 0.15) is 19.2 Å². The first-order chi connectivity index (χ1) is 16.1. The SMILES string of the molecule is CCOc1ccc2nc(C(F)F)n(-c3nc(N4CCOCC4)nc(N4CCOCC4)n3)c2c1.